The molecule has 0 aromatic carbocycles. The van der Waals surface area contributed by atoms with Crippen molar-refractivity contribution < 1.29 is 22.6 Å². The molecule has 0 saturated carbocycles. The first-order chi connectivity index (χ1) is 11.9. The highest BCUT2D eigenvalue weighted by molar-refractivity contribution is 14.0. The normalized spacial score (nSPS) is 24.2. The Morgan fingerprint density at radius 1 is 1.35 bits per heavy atom. The molecule has 2 saturated heterocycles. The zero-order valence-electron chi connectivity index (χ0n) is 15.4. The number of halogens is 4. The molecule has 10 heteroatoms. The first kappa shape index (κ1) is 23.7. The third-order valence-electron chi connectivity index (χ3n) is 4.72. The van der Waals surface area contributed by atoms with Crippen LogP contribution in [-0.4, -0.2) is 81.7 Å². The zero-order chi connectivity index (χ0) is 18.3. The summed E-state index contributed by atoms with van der Waals surface area (Å²) < 4.78 is 48.6. The van der Waals surface area contributed by atoms with Crippen molar-refractivity contribution >= 4 is 29.9 Å². The summed E-state index contributed by atoms with van der Waals surface area (Å²) in [4.78, 5) is 6.04. The molecule has 0 aromatic rings. The van der Waals surface area contributed by atoms with Gasteiger partial charge in [-0.25, -0.2) is 0 Å². The van der Waals surface area contributed by atoms with Gasteiger partial charge in [0, 0.05) is 58.8 Å². The lowest BCUT2D eigenvalue weighted by molar-refractivity contribution is -0.143. The fourth-order valence-electron chi connectivity index (χ4n) is 3.25. The van der Waals surface area contributed by atoms with Crippen LogP contribution in [0.2, 0.25) is 0 Å². The van der Waals surface area contributed by atoms with Crippen LogP contribution < -0.4 is 10.6 Å². The first-order valence-corrected chi connectivity index (χ1v) is 8.83. The van der Waals surface area contributed by atoms with Crippen molar-refractivity contribution in [1.82, 2.24) is 15.5 Å². The molecule has 0 aromatic heterocycles. The fourth-order valence-corrected chi connectivity index (χ4v) is 3.25. The second-order valence-electron chi connectivity index (χ2n) is 6.67. The summed E-state index contributed by atoms with van der Waals surface area (Å²) in [6, 6.07) is -0.0339. The molecule has 1 atom stereocenters. The Balaban J connectivity index is 0.00000338. The number of aliphatic imine (C=N–C) groups is 1. The number of hydrogen-bond donors (Lipinski definition) is 2. The molecule has 2 fully saturated rings. The van der Waals surface area contributed by atoms with Crippen molar-refractivity contribution in [2.75, 3.05) is 53.0 Å². The van der Waals surface area contributed by atoms with Crippen LogP contribution in [0.15, 0.2) is 4.99 Å². The topological polar surface area (TPSA) is 58.1 Å². The molecule has 2 rings (SSSR count). The lowest BCUT2D eigenvalue weighted by atomic mass is 9.94. The van der Waals surface area contributed by atoms with Crippen molar-refractivity contribution in [2.45, 2.75) is 44.0 Å². The molecule has 26 heavy (non-hydrogen) atoms. The van der Waals surface area contributed by atoms with Gasteiger partial charge in [0.1, 0.15) is 0 Å². The smallest absolute Gasteiger partial charge is 0.381 e. The molecular formula is C16H30F3IN4O2. The van der Waals surface area contributed by atoms with Crippen LogP contribution in [0, 0.1) is 0 Å². The molecule has 0 bridgehead atoms. The van der Waals surface area contributed by atoms with Crippen LogP contribution in [0.1, 0.15) is 26.2 Å². The number of hydrogen-bond acceptors (Lipinski definition) is 4. The lowest BCUT2D eigenvalue weighted by Crippen LogP contribution is -2.47. The molecule has 0 amide bonds. The molecule has 2 heterocycles. The highest BCUT2D eigenvalue weighted by Crippen LogP contribution is 2.25. The van der Waals surface area contributed by atoms with Gasteiger partial charge in [-0.3, -0.25) is 9.89 Å². The van der Waals surface area contributed by atoms with Gasteiger partial charge in [-0.05, 0) is 13.3 Å². The van der Waals surface area contributed by atoms with Crippen LogP contribution in [0.4, 0.5) is 13.2 Å². The molecule has 6 nitrogen and oxygen atoms in total. The number of likely N-dealkylation sites (tertiary alicyclic amines) is 1. The Hall–Kier alpha value is -0.330. The highest BCUT2D eigenvalue weighted by Gasteiger charge is 2.35. The summed E-state index contributed by atoms with van der Waals surface area (Å²) in [6.45, 7) is 4.41. The van der Waals surface area contributed by atoms with Crippen molar-refractivity contribution in [3.63, 3.8) is 0 Å². The lowest BCUT2D eigenvalue weighted by Gasteiger charge is -2.34. The highest BCUT2D eigenvalue weighted by atomic mass is 127. The molecule has 2 N–H and O–H groups in total. The summed E-state index contributed by atoms with van der Waals surface area (Å²) in [5.41, 5.74) is -0.321. The van der Waals surface area contributed by atoms with E-state index in [1.54, 1.807) is 7.11 Å². The second-order valence-corrected chi connectivity index (χ2v) is 6.67. The largest absolute Gasteiger partial charge is 0.401 e. The van der Waals surface area contributed by atoms with Gasteiger partial charge in [0.25, 0.3) is 0 Å². The number of nitrogens with one attached hydrogen (secondary N) is 2. The van der Waals surface area contributed by atoms with E-state index in [4.69, 9.17) is 9.47 Å². The van der Waals surface area contributed by atoms with E-state index in [0.717, 1.165) is 12.8 Å². The van der Waals surface area contributed by atoms with Crippen LogP contribution >= 0.6 is 24.0 Å². The maximum absolute atomic E-state index is 12.5. The second kappa shape index (κ2) is 10.9. The molecule has 0 spiro atoms. The van der Waals surface area contributed by atoms with Gasteiger partial charge >= 0.3 is 6.18 Å². The number of rotatable bonds is 6. The third kappa shape index (κ3) is 7.73. The van der Waals surface area contributed by atoms with Crippen LogP contribution in [0.3, 0.4) is 0 Å². The standard InChI is InChI=1S/C16H29F3N4O2.HI/c1-3-20-14(21-11-15(24-2)5-8-25-9-6-15)22-13-4-7-23(10-13)12-16(17,18)19;/h13H,3-12H2,1-2H3,(H2,20,21,22);1H. The Morgan fingerprint density at radius 3 is 2.62 bits per heavy atom. The molecule has 0 aliphatic carbocycles. The predicted molar refractivity (Wildman–Crippen MR) is 105 cm³/mol. The molecule has 2 aliphatic rings. The van der Waals surface area contributed by atoms with Gasteiger partial charge in [-0.2, -0.15) is 13.2 Å². The molecule has 0 radical (unpaired) electrons. The van der Waals surface area contributed by atoms with Crippen molar-refractivity contribution in [3.05, 3.63) is 0 Å². The minimum atomic E-state index is -4.15. The van der Waals surface area contributed by atoms with Gasteiger partial charge in [0.15, 0.2) is 5.96 Å². The van der Waals surface area contributed by atoms with Crippen molar-refractivity contribution in [3.8, 4) is 0 Å². The molecule has 2 aliphatic heterocycles. The van der Waals surface area contributed by atoms with Crippen LogP contribution in [-0.2, 0) is 9.47 Å². The first-order valence-electron chi connectivity index (χ1n) is 8.83. The van der Waals surface area contributed by atoms with E-state index in [9.17, 15) is 13.2 Å². The van der Waals surface area contributed by atoms with Gasteiger partial charge < -0.3 is 20.1 Å². The van der Waals surface area contributed by atoms with Crippen molar-refractivity contribution in [2.24, 2.45) is 4.99 Å². The number of guanidine groups is 1. The summed E-state index contributed by atoms with van der Waals surface area (Å²) >= 11 is 0. The van der Waals surface area contributed by atoms with E-state index in [1.165, 1.54) is 4.90 Å². The monoisotopic (exact) mass is 494 g/mol. The average Bonchev–Trinajstić information content (AvgIpc) is 2.99. The van der Waals surface area contributed by atoms with Crippen LogP contribution in [0.5, 0.6) is 0 Å². The van der Waals surface area contributed by atoms with E-state index < -0.39 is 12.7 Å². The van der Waals surface area contributed by atoms with Gasteiger partial charge in [0.05, 0.1) is 18.7 Å². The summed E-state index contributed by atoms with van der Waals surface area (Å²) in [5, 5.41) is 6.42. The van der Waals surface area contributed by atoms with E-state index >= 15 is 0 Å². The minimum absolute atomic E-state index is 0. The van der Waals surface area contributed by atoms with E-state index in [2.05, 4.69) is 15.6 Å². The van der Waals surface area contributed by atoms with Gasteiger partial charge in [0.2, 0.25) is 0 Å². The maximum atomic E-state index is 12.5. The van der Waals surface area contributed by atoms with Gasteiger partial charge in [-0.1, -0.05) is 0 Å². The van der Waals surface area contributed by atoms with Crippen LogP contribution in [0.25, 0.3) is 0 Å². The average molecular weight is 494 g/mol. The summed E-state index contributed by atoms with van der Waals surface area (Å²) in [5.74, 6) is 0.629. The summed E-state index contributed by atoms with van der Waals surface area (Å²) in [7, 11) is 1.69. The fraction of sp³-hybridized carbons (Fsp3) is 0.938. The Kier molecular flexibility index (Phi) is 9.91. The summed E-state index contributed by atoms with van der Waals surface area (Å²) in [6.07, 6.45) is -1.91. The Bertz CT molecular complexity index is 446. The van der Waals surface area contributed by atoms with Gasteiger partial charge in [-0.15, -0.1) is 24.0 Å². The maximum Gasteiger partial charge on any atom is 0.401 e. The quantitative estimate of drug-likeness (QED) is 0.336. The van der Waals surface area contributed by atoms with Crippen molar-refractivity contribution in [1.29, 1.82) is 0 Å². The zero-order valence-corrected chi connectivity index (χ0v) is 17.7. The Morgan fingerprint density at radius 2 is 2.04 bits per heavy atom. The Labute approximate surface area is 170 Å². The number of nitrogens with zero attached hydrogens (tertiary/aromatic N) is 2. The predicted octanol–water partition coefficient (Wildman–Crippen LogP) is 1.99. The van der Waals surface area contributed by atoms with E-state index in [-0.39, 0.29) is 35.6 Å². The van der Waals surface area contributed by atoms with E-state index in [0.29, 0.717) is 51.8 Å². The SMILES string of the molecule is CCNC(=NCC1(OC)CCOCC1)NC1CCN(CC(F)(F)F)C1.I. The molecule has 154 valence electrons. The number of alkyl halides is 3. The molecular weight excluding hydrogens is 464 g/mol. The molecule has 1 unspecified atom stereocenters. The minimum Gasteiger partial charge on any atom is -0.381 e. The van der Waals surface area contributed by atoms with E-state index in [1.807, 2.05) is 6.92 Å². The number of ether oxygens (including phenoxy) is 2. The third-order valence-corrected chi connectivity index (χ3v) is 4.72. The number of methoxy groups -OCH3 is 1.